The summed E-state index contributed by atoms with van der Waals surface area (Å²) in [5.74, 6) is -1.23. The molecule has 2 aliphatic heterocycles. The minimum Gasteiger partial charge on any atom is -0.354 e. The van der Waals surface area contributed by atoms with E-state index in [-0.39, 0.29) is 13.2 Å². The number of amides is 4. The summed E-state index contributed by atoms with van der Waals surface area (Å²) in [6.07, 6.45) is -3.14. The van der Waals surface area contributed by atoms with Gasteiger partial charge >= 0.3 is 24.0 Å². The molecule has 0 saturated carbocycles. The molecular formula is C20H20F3N5O3S. The summed E-state index contributed by atoms with van der Waals surface area (Å²) in [6.45, 7) is 1.99. The molecule has 32 heavy (non-hydrogen) atoms. The SMILES string of the molecule is O=C1C(=O)N(CN2CCN(c3ccc(C(F)(F)F)cn3)CC2)C(=O)N1CCc1cccs1. The number of piperazine rings is 1. The van der Waals surface area contributed by atoms with Crippen LogP contribution >= 0.6 is 11.3 Å². The van der Waals surface area contributed by atoms with Gasteiger partial charge in [0.15, 0.2) is 0 Å². The first-order valence-electron chi connectivity index (χ1n) is 9.94. The van der Waals surface area contributed by atoms with Crippen molar-refractivity contribution in [3.63, 3.8) is 0 Å². The quantitative estimate of drug-likeness (QED) is 0.479. The Kier molecular flexibility index (Phi) is 6.15. The van der Waals surface area contributed by atoms with Gasteiger partial charge in [-0.2, -0.15) is 13.2 Å². The summed E-state index contributed by atoms with van der Waals surface area (Å²) in [5, 5.41) is 1.90. The minimum absolute atomic E-state index is 0.00676. The molecule has 2 aromatic heterocycles. The van der Waals surface area contributed by atoms with Gasteiger partial charge in [-0.1, -0.05) is 6.07 Å². The maximum Gasteiger partial charge on any atom is 0.417 e. The summed E-state index contributed by atoms with van der Waals surface area (Å²) < 4.78 is 38.1. The van der Waals surface area contributed by atoms with E-state index >= 15 is 0 Å². The van der Waals surface area contributed by atoms with Gasteiger partial charge in [-0.05, 0) is 23.6 Å². The molecule has 0 aromatic carbocycles. The lowest BCUT2D eigenvalue weighted by Crippen LogP contribution is -2.51. The first kappa shape index (κ1) is 22.2. The summed E-state index contributed by atoms with van der Waals surface area (Å²) in [6, 6.07) is 5.48. The van der Waals surface area contributed by atoms with Gasteiger partial charge in [-0.15, -0.1) is 11.3 Å². The highest BCUT2D eigenvalue weighted by Crippen LogP contribution is 2.29. The average molecular weight is 467 g/mol. The molecule has 0 atom stereocenters. The highest BCUT2D eigenvalue weighted by atomic mass is 32.1. The van der Waals surface area contributed by atoms with Gasteiger partial charge < -0.3 is 4.90 Å². The van der Waals surface area contributed by atoms with Crippen LogP contribution in [0, 0.1) is 0 Å². The van der Waals surface area contributed by atoms with Gasteiger partial charge in [-0.3, -0.25) is 19.4 Å². The number of nitrogens with zero attached hydrogens (tertiary/aromatic N) is 5. The number of alkyl halides is 3. The number of urea groups is 1. The van der Waals surface area contributed by atoms with Crippen molar-refractivity contribution in [2.45, 2.75) is 12.6 Å². The van der Waals surface area contributed by atoms with Crippen molar-refractivity contribution in [3.8, 4) is 0 Å². The van der Waals surface area contributed by atoms with Crippen molar-refractivity contribution < 1.29 is 27.6 Å². The number of hydrogen-bond donors (Lipinski definition) is 0. The number of pyridine rings is 1. The van der Waals surface area contributed by atoms with E-state index < -0.39 is 29.6 Å². The highest BCUT2D eigenvalue weighted by Gasteiger charge is 2.44. The van der Waals surface area contributed by atoms with Crippen LogP contribution in [0.4, 0.5) is 23.8 Å². The molecule has 0 bridgehead atoms. The summed E-state index contributed by atoms with van der Waals surface area (Å²) >= 11 is 1.52. The molecule has 170 valence electrons. The first-order chi connectivity index (χ1) is 15.2. The number of anilines is 1. The topological polar surface area (TPSA) is 77.1 Å². The Morgan fingerprint density at radius 1 is 0.969 bits per heavy atom. The van der Waals surface area contributed by atoms with Crippen LogP contribution in [-0.4, -0.2) is 76.9 Å². The summed E-state index contributed by atoms with van der Waals surface area (Å²) in [7, 11) is 0. The van der Waals surface area contributed by atoms with Crippen molar-refractivity contribution >= 4 is 35.0 Å². The van der Waals surface area contributed by atoms with Gasteiger partial charge in [-0.25, -0.2) is 14.7 Å². The normalized spacial score (nSPS) is 18.2. The fraction of sp³-hybridized carbons (Fsp3) is 0.400. The smallest absolute Gasteiger partial charge is 0.354 e. The van der Waals surface area contributed by atoms with Crippen LogP contribution in [0.2, 0.25) is 0 Å². The second-order valence-electron chi connectivity index (χ2n) is 7.45. The molecule has 4 heterocycles. The average Bonchev–Trinajstić information content (AvgIpc) is 3.36. The number of hydrogen-bond acceptors (Lipinski definition) is 7. The van der Waals surface area contributed by atoms with E-state index in [1.165, 1.54) is 17.4 Å². The Hall–Kier alpha value is -2.99. The van der Waals surface area contributed by atoms with Crippen molar-refractivity contribution in [3.05, 3.63) is 46.3 Å². The van der Waals surface area contributed by atoms with Crippen LogP contribution in [0.5, 0.6) is 0 Å². The van der Waals surface area contributed by atoms with Crippen molar-refractivity contribution in [2.75, 3.05) is 44.3 Å². The number of rotatable bonds is 6. The molecule has 2 aliphatic rings. The lowest BCUT2D eigenvalue weighted by atomic mass is 10.2. The zero-order valence-electron chi connectivity index (χ0n) is 16.9. The van der Waals surface area contributed by atoms with E-state index in [1.54, 1.807) is 0 Å². The number of carbonyl (C=O) groups is 3. The third-order valence-corrected chi connectivity index (χ3v) is 6.35. The fourth-order valence-corrected chi connectivity index (χ4v) is 4.31. The van der Waals surface area contributed by atoms with E-state index in [2.05, 4.69) is 4.98 Å². The molecule has 4 amide bonds. The Bertz CT molecular complexity index is 989. The Morgan fingerprint density at radius 3 is 2.28 bits per heavy atom. The molecule has 12 heteroatoms. The maximum absolute atomic E-state index is 12.7. The number of carbonyl (C=O) groups excluding carboxylic acids is 3. The zero-order chi connectivity index (χ0) is 22.9. The van der Waals surface area contributed by atoms with E-state index in [4.69, 9.17) is 0 Å². The maximum atomic E-state index is 12.7. The largest absolute Gasteiger partial charge is 0.417 e. The summed E-state index contributed by atoms with van der Waals surface area (Å²) in [4.78, 5) is 47.8. The first-order valence-corrected chi connectivity index (χ1v) is 10.8. The molecule has 0 N–H and O–H groups in total. The van der Waals surface area contributed by atoms with E-state index in [1.807, 2.05) is 27.3 Å². The van der Waals surface area contributed by atoms with Crippen LogP contribution in [0.15, 0.2) is 35.8 Å². The number of halogens is 3. The third-order valence-electron chi connectivity index (χ3n) is 5.41. The lowest BCUT2D eigenvalue weighted by Gasteiger charge is -2.36. The van der Waals surface area contributed by atoms with Gasteiger partial charge in [0.2, 0.25) is 0 Å². The highest BCUT2D eigenvalue weighted by molar-refractivity contribution is 7.09. The Labute approximate surface area is 185 Å². The number of imide groups is 2. The van der Waals surface area contributed by atoms with Crippen LogP contribution in [0.3, 0.4) is 0 Å². The molecule has 2 saturated heterocycles. The van der Waals surface area contributed by atoms with E-state index in [9.17, 15) is 27.6 Å². The van der Waals surface area contributed by atoms with Crippen LogP contribution in [0.1, 0.15) is 10.4 Å². The van der Waals surface area contributed by atoms with Crippen molar-refractivity contribution in [1.82, 2.24) is 19.7 Å². The van der Waals surface area contributed by atoms with Crippen LogP contribution in [-0.2, 0) is 22.2 Å². The Balaban J connectivity index is 1.31. The molecule has 8 nitrogen and oxygen atoms in total. The Morgan fingerprint density at radius 2 is 1.69 bits per heavy atom. The van der Waals surface area contributed by atoms with Gasteiger partial charge in [0.25, 0.3) is 0 Å². The predicted molar refractivity (Wildman–Crippen MR) is 110 cm³/mol. The van der Waals surface area contributed by atoms with Gasteiger partial charge in [0, 0.05) is 50.2 Å². The zero-order valence-corrected chi connectivity index (χ0v) is 17.7. The van der Waals surface area contributed by atoms with Crippen molar-refractivity contribution in [2.24, 2.45) is 0 Å². The second-order valence-corrected chi connectivity index (χ2v) is 8.48. The molecular weight excluding hydrogens is 447 g/mol. The van der Waals surface area contributed by atoms with E-state index in [0.29, 0.717) is 38.4 Å². The molecule has 4 rings (SSSR count). The second kappa shape index (κ2) is 8.87. The standard InChI is InChI=1S/C20H20F3N5O3S/c21-20(22,23)14-3-4-16(24-12-14)26-9-7-25(8-10-26)13-28-18(30)17(29)27(19(28)31)6-5-15-2-1-11-32-15/h1-4,11-12H,5-10,13H2. The monoisotopic (exact) mass is 467 g/mol. The third kappa shape index (κ3) is 4.60. The van der Waals surface area contributed by atoms with Gasteiger partial charge in [0.05, 0.1) is 12.2 Å². The molecule has 0 radical (unpaired) electrons. The molecule has 0 aliphatic carbocycles. The number of thiophene rings is 1. The molecule has 0 unspecified atom stereocenters. The molecule has 2 fully saturated rings. The molecule has 0 spiro atoms. The van der Waals surface area contributed by atoms with Crippen molar-refractivity contribution in [1.29, 1.82) is 0 Å². The predicted octanol–water partition coefficient (Wildman–Crippen LogP) is 2.27. The van der Waals surface area contributed by atoms with E-state index in [0.717, 1.165) is 26.9 Å². The molecule has 2 aromatic rings. The summed E-state index contributed by atoms with van der Waals surface area (Å²) in [5.41, 5.74) is -0.806. The minimum atomic E-state index is -4.44. The van der Waals surface area contributed by atoms with Crippen LogP contribution in [0.25, 0.3) is 0 Å². The fourth-order valence-electron chi connectivity index (χ4n) is 3.61. The van der Waals surface area contributed by atoms with Crippen LogP contribution < -0.4 is 4.90 Å². The lowest BCUT2D eigenvalue weighted by molar-refractivity contribution is -0.144. The van der Waals surface area contributed by atoms with Gasteiger partial charge in [0.1, 0.15) is 5.82 Å². The number of aromatic nitrogens is 1.